The second kappa shape index (κ2) is 9.88. The van der Waals surface area contributed by atoms with E-state index in [2.05, 4.69) is 33.9 Å². The zero-order chi connectivity index (χ0) is 18.4. The van der Waals surface area contributed by atoms with Crippen molar-refractivity contribution in [3.8, 4) is 0 Å². The van der Waals surface area contributed by atoms with E-state index < -0.39 is 0 Å². The lowest BCUT2D eigenvalue weighted by atomic mass is 10.3. The highest BCUT2D eigenvalue weighted by atomic mass is 79.9. The maximum atomic E-state index is 11.3. The van der Waals surface area contributed by atoms with Gasteiger partial charge >= 0.3 is 5.97 Å². The number of halogens is 3. The first-order valence-electron chi connectivity index (χ1n) is 7.72. The van der Waals surface area contributed by atoms with Gasteiger partial charge in [-0.1, -0.05) is 39.1 Å². The summed E-state index contributed by atoms with van der Waals surface area (Å²) in [5, 5.41) is 4.43. The topological polar surface area (TPSA) is 51.5 Å². The van der Waals surface area contributed by atoms with Crippen LogP contribution in [0.3, 0.4) is 0 Å². The molecule has 136 valence electrons. The van der Waals surface area contributed by atoms with Gasteiger partial charge in [-0.2, -0.15) is 0 Å². The van der Waals surface area contributed by atoms with Crippen molar-refractivity contribution in [2.45, 2.75) is 37.2 Å². The lowest BCUT2D eigenvalue weighted by Gasteiger charge is -1.99. The monoisotopic (exact) mass is 465 g/mol. The average Bonchev–Trinajstić information content (AvgIpc) is 3.27. The molecule has 8 heteroatoms. The molecule has 1 fully saturated rings. The molecule has 0 amide bonds. The fourth-order valence-electron chi connectivity index (χ4n) is 1.86. The molecule has 4 nitrogen and oxygen atoms in total. The summed E-state index contributed by atoms with van der Waals surface area (Å²) in [6, 6.07) is 5.86. The van der Waals surface area contributed by atoms with Crippen molar-refractivity contribution >= 4 is 57.7 Å². The van der Waals surface area contributed by atoms with E-state index in [0.29, 0.717) is 39.7 Å². The molecular formula is C17H18BrCl2NO3S. The van der Waals surface area contributed by atoms with E-state index >= 15 is 0 Å². The second-order valence-electron chi connectivity index (χ2n) is 5.40. The molecule has 1 aliphatic rings. The van der Waals surface area contributed by atoms with Gasteiger partial charge in [0.15, 0.2) is 0 Å². The molecule has 0 unspecified atom stereocenters. The normalized spacial score (nSPS) is 13.2. The van der Waals surface area contributed by atoms with Crippen LogP contribution in [-0.2, 0) is 11.3 Å². The Hall–Kier alpha value is -0.660. The standard InChI is InChI=1S/C11H15NO3.C6H3BrCl2S/c1-2-14-11(13)8-5-10(15-7-8)6-12-9-3-4-9;7-3-1-4(8)6(10)5(9)2-3/h5,7,9,12H,2-4,6H2,1H3;1-2,10H. The first kappa shape index (κ1) is 20.6. The van der Waals surface area contributed by atoms with Gasteiger partial charge in [0.05, 0.1) is 28.8 Å². The van der Waals surface area contributed by atoms with E-state index in [1.54, 1.807) is 25.1 Å². The smallest absolute Gasteiger partial charge is 0.341 e. The molecular weight excluding hydrogens is 449 g/mol. The molecule has 0 saturated heterocycles. The van der Waals surface area contributed by atoms with Crippen LogP contribution >= 0.6 is 51.8 Å². The molecule has 1 N–H and O–H groups in total. The molecule has 0 atom stereocenters. The zero-order valence-corrected chi connectivity index (χ0v) is 17.5. The minimum absolute atomic E-state index is 0.320. The second-order valence-corrected chi connectivity index (χ2v) is 7.57. The zero-order valence-electron chi connectivity index (χ0n) is 13.5. The first-order chi connectivity index (χ1) is 11.9. The Morgan fingerprint density at radius 2 is 2.00 bits per heavy atom. The molecule has 0 radical (unpaired) electrons. The quantitative estimate of drug-likeness (QED) is 0.434. The van der Waals surface area contributed by atoms with Crippen molar-refractivity contribution in [2.24, 2.45) is 0 Å². The van der Waals surface area contributed by atoms with E-state index in [9.17, 15) is 4.79 Å². The summed E-state index contributed by atoms with van der Waals surface area (Å²) in [6.07, 6.45) is 3.93. The van der Waals surface area contributed by atoms with E-state index in [4.69, 9.17) is 32.4 Å². The summed E-state index contributed by atoms with van der Waals surface area (Å²) in [7, 11) is 0. The van der Waals surface area contributed by atoms with Gasteiger partial charge in [0.2, 0.25) is 0 Å². The van der Waals surface area contributed by atoms with E-state index in [1.165, 1.54) is 19.1 Å². The van der Waals surface area contributed by atoms with Crippen LogP contribution in [-0.4, -0.2) is 18.6 Å². The molecule has 1 aliphatic carbocycles. The summed E-state index contributed by atoms with van der Waals surface area (Å²) in [6.45, 7) is 2.86. The number of carbonyl (C=O) groups excluding carboxylic acids is 1. The molecule has 3 rings (SSSR count). The number of nitrogens with one attached hydrogen (secondary N) is 1. The molecule has 1 heterocycles. The molecule has 1 aromatic carbocycles. The van der Waals surface area contributed by atoms with Crippen LogP contribution in [0, 0.1) is 0 Å². The Morgan fingerprint density at radius 3 is 2.56 bits per heavy atom. The Kier molecular flexibility index (Phi) is 8.16. The third-order valence-corrected chi connectivity index (χ3v) is 5.09. The Morgan fingerprint density at radius 1 is 1.36 bits per heavy atom. The molecule has 0 spiro atoms. The van der Waals surface area contributed by atoms with E-state index in [0.717, 1.165) is 10.2 Å². The van der Waals surface area contributed by atoms with Gasteiger partial charge in [0.1, 0.15) is 12.0 Å². The van der Waals surface area contributed by atoms with E-state index in [1.807, 2.05) is 0 Å². The SMILES string of the molecule is CCOC(=O)c1coc(CNC2CC2)c1.Sc1c(Cl)cc(Br)cc1Cl. The maximum absolute atomic E-state index is 11.3. The van der Waals surface area contributed by atoms with Crippen molar-refractivity contribution in [3.63, 3.8) is 0 Å². The van der Waals surface area contributed by atoms with Crippen LogP contribution in [0.25, 0.3) is 0 Å². The van der Waals surface area contributed by atoms with Crippen molar-refractivity contribution in [2.75, 3.05) is 6.61 Å². The number of rotatable bonds is 5. The minimum Gasteiger partial charge on any atom is -0.467 e. The largest absolute Gasteiger partial charge is 0.467 e. The van der Waals surface area contributed by atoms with Crippen LogP contribution in [0.5, 0.6) is 0 Å². The summed E-state index contributed by atoms with van der Waals surface area (Å²) in [5.41, 5.74) is 0.490. The summed E-state index contributed by atoms with van der Waals surface area (Å²) >= 11 is 18.8. The summed E-state index contributed by atoms with van der Waals surface area (Å²) in [5.74, 6) is 0.462. The van der Waals surface area contributed by atoms with Gasteiger partial charge in [-0.3, -0.25) is 0 Å². The number of furan rings is 1. The predicted octanol–water partition coefficient (Wildman–Crippen LogP) is 5.75. The number of hydrogen-bond donors (Lipinski definition) is 2. The Labute approximate surface area is 170 Å². The Balaban J connectivity index is 0.000000196. The third-order valence-electron chi connectivity index (χ3n) is 3.29. The third kappa shape index (κ3) is 6.87. The van der Waals surface area contributed by atoms with Gasteiger partial charge in [-0.05, 0) is 38.0 Å². The number of esters is 1. The van der Waals surface area contributed by atoms with Crippen molar-refractivity contribution < 1.29 is 13.9 Å². The number of hydrogen-bond acceptors (Lipinski definition) is 5. The molecule has 0 bridgehead atoms. The minimum atomic E-state index is -0.320. The molecule has 25 heavy (non-hydrogen) atoms. The lowest BCUT2D eigenvalue weighted by Crippen LogP contribution is -2.14. The Bertz CT molecular complexity index is 711. The molecule has 0 aliphatic heterocycles. The van der Waals surface area contributed by atoms with Gasteiger partial charge in [0.25, 0.3) is 0 Å². The number of carbonyl (C=O) groups is 1. The number of ether oxygens (including phenoxy) is 1. The van der Waals surface area contributed by atoms with Crippen molar-refractivity contribution in [1.82, 2.24) is 5.32 Å². The molecule has 1 aromatic heterocycles. The summed E-state index contributed by atoms with van der Waals surface area (Å²) < 4.78 is 11.0. The number of benzene rings is 1. The fraction of sp³-hybridized carbons (Fsp3) is 0.353. The number of thiol groups is 1. The van der Waals surface area contributed by atoms with Gasteiger partial charge in [-0.15, -0.1) is 12.6 Å². The average molecular weight is 467 g/mol. The fourth-order valence-corrected chi connectivity index (χ4v) is 3.20. The van der Waals surface area contributed by atoms with Crippen LogP contribution < -0.4 is 5.32 Å². The molecule has 1 saturated carbocycles. The van der Waals surface area contributed by atoms with Crippen LogP contribution in [0.1, 0.15) is 35.9 Å². The highest BCUT2D eigenvalue weighted by Crippen LogP contribution is 2.31. The van der Waals surface area contributed by atoms with E-state index in [-0.39, 0.29) is 5.97 Å². The van der Waals surface area contributed by atoms with Crippen LogP contribution in [0.15, 0.2) is 38.2 Å². The summed E-state index contributed by atoms with van der Waals surface area (Å²) in [4.78, 5) is 11.9. The lowest BCUT2D eigenvalue weighted by molar-refractivity contribution is 0.0525. The first-order valence-corrected chi connectivity index (χ1v) is 9.71. The highest BCUT2D eigenvalue weighted by molar-refractivity contribution is 9.10. The molecule has 2 aromatic rings. The van der Waals surface area contributed by atoms with Gasteiger partial charge in [-0.25, -0.2) is 4.79 Å². The van der Waals surface area contributed by atoms with Crippen LogP contribution in [0.4, 0.5) is 0 Å². The predicted molar refractivity (Wildman–Crippen MR) is 106 cm³/mol. The highest BCUT2D eigenvalue weighted by Gasteiger charge is 2.21. The van der Waals surface area contributed by atoms with Gasteiger partial charge in [0, 0.05) is 15.4 Å². The van der Waals surface area contributed by atoms with Gasteiger partial charge < -0.3 is 14.5 Å². The van der Waals surface area contributed by atoms with Crippen LogP contribution in [0.2, 0.25) is 10.0 Å². The van der Waals surface area contributed by atoms with Crippen molar-refractivity contribution in [1.29, 1.82) is 0 Å². The van der Waals surface area contributed by atoms with Crippen molar-refractivity contribution in [3.05, 3.63) is 50.3 Å². The maximum Gasteiger partial charge on any atom is 0.341 e.